The highest BCUT2D eigenvalue weighted by Gasteiger charge is 2.25. The summed E-state index contributed by atoms with van der Waals surface area (Å²) in [6, 6.07) is 4.45. The molecular formula is C11H11ClN2O4S2. The van der Waals surface area contributed by atoms with Crippen LogP contribution >= 0.6 is 23.4 Å². The molecule has 0 saturated heterocycles. The van der Waals surface area contributed by atoms with Crippen LogP contribution in [0.3, 0.4) is 0 Å². The Bertz CT molecular complexity index is 673. The zero-order chi connectivity index (χ0) is 14.8. The first-order valence-corrected chi connectivity index (χ1v) is 8.42. The first-order valence-electron chi connectivity index (χ1n) is 5.62. The van der Waals surface area contributed by atoms with Crippen molar-refractivity contribution >= 4 is 50.2 Å². The van der Waals surface area contributed by atoms with Gasteiger partial charge in [-0.1, -0.05) is 23.4 Å². The van der Waals surface area contributed by atoms with E-state index >= 15 is 0 Å². The number of fused-ring (bicyclic) bond motifs is 1. The topological polar surface area (TPSA) is 84.8 Å². The molecule has 1 heterocycles. The molecular weight excluding hydrogens is 324 g/mol. The average molecular weight is 335 g/mol. The van der Waals surface area contributed by atoms with Gasteiger partial charge in [-0.3, -0.25) is 4.79 Å². The van der Waals surface area contributed by atoms with E-state index in [9.17, 15) is 13.2 Å². The van der Waals surface area contributed by atoms with Crippen LogP contribution in [0.1, 0.15) is 6.92 Å². The van der Waals surface area contributed by atoms with Gasteiger partial charge in [0.25, 0.3) is 10.0 Å². The van der Waals surface area contributed by atoms with Gasteiger partial charge < -0.3 is 10.1 Å². The standard InChI is InChI=1S/C11H11ClN2O4S2/c1-2-18-10(15)6-19-11-13-8-4-3-7(12)5-9(8)20(16,17)14-11/h3-5H,2,6H2,1H3,(H,13,14). The highest BCUT2D eigenvalue weighted by atomic mass is 35.5. The van der Waals surface area contributed by atoms with E-state index < -0.39 is 16.0 Å². The summed E-state index contributed by atoms with van der Waals surface area (Å²) in [5.41, 5.74) is 0.385. The van der Waals surface area contributed by atoms with Crippen LogP contribution in [0, 0.1) is 0 Å². The summed E-state index contributed by atoms with van der Waals surface area (Å²) in [6.45, 7) is 1.97. The second-order valence-corrected chi connectivity index (χ2v) is 6.70. The molecule has 9 heteroatoms. The molecule has 0 bridgehead atoms. The van der Waals surface area contributed by atoms with Crippen LogP contribution in [0.4, 0.5) is 5.69 Å². The maximum Gasteiger partial charge on any atom is 0.316 e. The van der Waals surface area contributed by atoms with Crippen LogP contribution in [-0.2, 0) is 19.6 Å². The van der Waals surface area contributed by atoms with Crippen LogP contribution in [-0.4, -0.2) is 31.9 Å². The van der Waals surface area contributed by atoms with E-state index in [0.717, 1.165) is 11.8 Å². The molecule has 6 nitrogen and oxygen atoms in total. The first-order chi connectivity index (χ1) is 9.42. The number of nitrogens with zero attached hydrogens (tertiary/aromatic N) is 1. The molecule has 0 aliphatic carbocycles. The molecule has 108 valence electrons. The molecule has 0 atom stereocenters. The minimum absolute atomic E-state index is 0.0158. The van der Waals surface area contributed by atoms with Gasteiger partial charge in [-0.15, -0.1) is 4.40 Å². The van der Waals surface area contributed by atoms with Crippen molar-refractivity contribution in [3.63, 3.8) is 0 Å². The summed E-state index contributed by atoms with van der Waals surface area (Å²) >= 11 is 6.74. The quantitative estimate of drug-likeness (QED) is 0.852. The summed E-state index contributed by atoms with van der Waals surface area (Å²) in [5.74, 6) is -0.445. The van der Waals surface area contributed by atoms with Crippen molar-refractivity contribution in [3.8, 4) is 0 Å². The lowest BCUT2D eigenvalue weighted by Crippen LogP contribution is -2.20. The molecule has 0 radical (unpaired) electrons. The fourth-order valence-corrected chi connectivity index (χ4v) is 3.80. The number of ether oxygens (including phenoxy) is 1. The summed E-state index contributed by atoms with van der Waals surface area (Å²) in [5, 5.41) is 3.29. The second-order valence-electron chi connectivity index (χ2n) is 3.73. The largest absolute Gasteiger partial charge is 0.465 e. The molecule has 1 aromatic rings. The number of rotatable bonds is 3. The van der Waals surface area contributed by atoms with E-state index in [1.54, 1.807) is 19.1 Å². The predicted octanol–water partition coefficient (Wildman–Crippen LogP) is 2.11. The minimum Gasteiger partial charge on any atom is -0.465 e. The zero-order valence-corrected chi connectivity index (χ0v) is 12.8. The van der Waals surface area contributed by atoms with Gasteiger partial charge in [0.15, 0.2) is 5.17 Å². The molecule has 0 spiro atoms. The number of anilines is 1. The highest BCUT2D eigenvalue weighted by molar-refractivity contribution is 8.15. The molecule has 0 aromatic heterocycles. The third-order valence-corrected chi connectivity index (χ3v) is 4.81. The van der Waals surface area contributed by atoms with Crippen molar-refractivity contribution in [2.75, 3.05) is 17.7 Å². The van der Waals surface area contributed by atoms with Gasteiger partial charge in [0, 0.05) is 5.02 Å². The molecule has 1 aliphatic heterocycles. The van der Waals surface area contributed by atoms with E-state index in [1.165, 1.54) is 6.07 Å². The van der Waals surface area contributed by atoms with E-state index in [2.05, 4.69) is 9.71 Å². The van der Waals surface area contributed by atoms with Crippen LogP contribution in [0.2, 0.25) is 5.02 Å². The smallest absolute Gasteiger partial charge is 0.316 e. The van der Waals surface area contributed by atoms with Crippen molar-refractivity contribution < 1.29 is 17.9 Å². The third kappa shape index (κ3) is 3.44. The van der Waals surface area contributed by atoms with Gasteiger partial charge in [-0.25, -0.2) is 0 Å². The number of nitrogens with one attached hydrogen (secondary N) is 1. The maximum absolute atomic E-state index is 12.0. The fraction of sp³-hybridized carbons (Fsp3) is 0.273. The lowest BCUT2D eigenvalue weighted by Gasteiger charge is -2.17. The molecule has 0 saturated carbocycles. The molecule has 20 heavy (non-hydrogen) atoms. The number of hydrogen-bond donors (Lipinski definition) is 1. The van der Waals surface area contributed by atoms with Crippen LogP contribution < -0.4 is 5.32 Å². The van der Waals surface area contributed by atoms with Crippen LogP contribution in [0.25, 0.3) is 0 Å². The predicted molar refractivity (Wildman–Crippen MR) is 78.8 cm³/mol. The number of benzene rings is 1. The molecule has 0 fully saturated rings. The molecule has 1 aliphatic rings. The molecule has 0 unspecified atom stereocenters. The Balaban J connectivity index is 2.18. The molecule has 1 N–H and O–H groups in total. The van der Waals surface area contributed by atoms with E-state index in [-0.39, 0.29) is 22.4 Å². The Labute approximate surface area is 125 Å². The first kappa shape index (κ1) is 15.1. The SMILES string of the molecule is CCOC(=O)CSC1=NS(=O)(=O)c2cc(Cl)ccc2N1. The number of thioether (sulfide) groups is 1. The Morgan fingerprint density at radius 3 is 2.95 bits per heavy atom. The van der Waals surface area contributed by atoms with Crippen molar-refractivity contribution in [1.29, 1.82) is 0 Å². The van der Waals surface area contributed by atoms with E-state index in [4.69, 9.17) is 16.3 Å². The Morgan fingerprint density at radius 1 is 1.50 bits per heavy atom. The van der Waals surface area contributed by atoms with Gasteiger partial charge in [0.05, 0.1) is 18.0 Å². The number of hydrogen-bond acceptors (Lipinski definition) is 6. The summed E-state index contributed by atoms with van der Waals surface area (Å²) < 4.78 is 32.3. The van der Waals surface area contributed by atoms with Crippen LogP contribution in [0.15, 0.2) is 27.5 Å². The molecule has 2 rings (SSSR count). The van der Waals surface area contributed by atoms with Gasteiger partial charge >= 0.3 is 5.97 Å². The monoisotopic (exact) mass is 334 g/mol. The third-order valence-electron chi connectivity index (χ3n) is 2.30. The van der Waals surface area contributed by atoms with E-state index in [1.807, 2.05) is 0 Å². The minimum atomic E-state index is -3.81. The van der Waals surface area contributed by atoms with Gasteiger partial charge in [0.2, 0.25) is 0 Å². The number of sulfonamides is 1. The van der Waals surface area contributed by atoms with Gasteiger partial charge in [-0.2, -0.15) is 8.42 Å². The normalized spacial score (nSPS) is 15.8. The highest BCUT2D eigenvalue weighted by Crippen LogP contribution is 2.31. The fourth-order valence-electron chi connectivity index (χ4n) is 1.50. The van der Waals surface area contributed by atoms with Crippen molar-refractivity contribution in [2.45, 2.75) is 11.8 Å². The number of halogens is 1. The Morgan fingerprint density at radius 2 is 2.25 bits per heavy atom. The summed E-state index contributed by atoms with van der Waals surface area (Å²) in [4.78, 5) is 11.3. The van der Waals surface area contributed by atoms with Gasteiger partial charge in [-0.05, 0) is 25.1 Å². The van der Waals surface area contributed by atoms with Crippen molar-refractivity contribution in [2.24, 2.45) is 4.40 Å². The second kappa shape index (κ2) is 6.02. The molecule has 0 amide bonds. The lowest BCUT2D eigenvalue weighted by atomic mass is 10.3. The van der Waals surface area contributed by atoms with Gasteiger partial charge in [0.1, 0.15) is 4.90 Å². The van der Waals surface area contributed by atoms with Crippen molar-refractivity contribution in [3.05, 3.63) is 23.2 Å². The number of carbonyl (C=O) groups excluding carboxylic acids is 1. The number of amidine groups is 1. The Hall–Kier alpha value is -1.25. The summed E-state index contributed by atoms with van der Waals surface area (Å²) in [6.07, 6.45) is 0. The zero-order valence-electron chi connectivity index (χ0n) is 10.4. The maximum atomic E-state index is 12.0. The molecule has 1 aromatic carbocycles. The average Bonchev–Trinajstić information content (AvgIpc) is 2.37. The van der Waals surface area contributed by atoms with Crippen molar-refractivity contribution in [1.82, 2.24) is 0 Å². The number of carbonyl (C=O) groups is 1. The lowest BCUT2D eigenvalue weighted by molar-refractivity contribution is -0.139. The van der Waals surface area contributed by atoms with E-state index in [0.29, 0.717) is 10.7 Å². The number of esters is 1. The summed E-state index contributed by atoms with van der Waals surface area (Å²) in [7, 11) is -3.81. The van der Waals surface area contributed by atoms with Crippen LogP contribution in [0.5, 0.6) is 0 Å². The Kier molecular flexibility index (Phi) is 4.56.